The quantitative estimate of drug-likeness (QED) is 0.113. The second-order valence-electron chi connectivity index (χ2n) is 6.60. The van der Waals surface area contributed by atoms with Gasteiger partial charge in [-0.2, -0.15) is 5.10 Å². The fourth-order valence-electron chi connectivity index (χ4n) is 2.69. The van der Waals surface area contributed by atoms with Crippen LogP contribution in [0.4, 0.5) is 11.4 Å². The molecule has 0 aliphatic heterocycles. The Labute approximate surface area is 194 Å². The fraction of sp³-hybridized carbons (Fsp3) is 0.143. The molecule has 0 aromatic heterocycles. The lowest BCUT2D eigenvalue weighted by atomic mass is 10.1. The van der Waals surface area contributed by atoms with Gasteiger partial charge in [0, 0.05) is 29.5 Å². The van der Waals surface area contributed by atoms with Crippen LogP contribution < -0.4 is 27.3 Å². The second kappa shape index (κ2) is 12.2. The molecule has 11 nitrogen and oxygen atoms in total. The zero-order valence-corrected chi connectivity index (χ0v) is 18.3. The van der Waals surface area contributed by atoms with Gasteiger partial charge in [0.1, 0.15) is 12.4 Å². The maximum Gasteiger partial charge on any atom is 0.335 e. The number of hydrogen-bond acceptors (Lipinski definition) is 7. The number of hydrazine groups is 1. The number of anilines is 2. The molecule has 33 heavy (non-hydrogen) atoms. The zero-order valence-electron chi connectivity index (χ0n) is 17.6. The van der Waals surface area contributed by atoms with Crippen molar-refractivity contribution in [1.82, 2.24) is 5.32 Å². The lowest BCUT2D eigenvalue weighted by Gasteiger charge is -2.17. The standard InChI is InChI=1S/C21H23ClN6O5/c1-33-11-17(20(30)26-16-6-2-13(3-7-16)21(31)32)27-19(29)9-4-14-10-15(22)5-8-18(14)28(24)12-25-23/h2-10,12,17H,11,23-24H2,1H3,(H,26,30)(H,27,29)(H,31,32)/b9-4+,25-12-/t17-/m0/s1. The molecule has 0 aliphatic carbocycles. The SMILES string of the molecule is COC[C@H](NC(=O)/C=C/c1cc(Cl)ccc1N(N)/C=N\N)C(=O)Nc1ccc(C(=O)O)cc1. The number of carboxylic acids is 1. The molecular weight excluding hydrogens is 452 g/mol. The molecule has 7 N–H and O–H groups in total. The average Bonchev–Trinajstić information content (AvgIpc) is 2.78. The number of nitrogens with one attached hydrogen (secondary N) is 2. The molecule has 2 rings (SSSR count). The van der Waals surface area contributed by atoms with E-state index in [0.717, 1.165) is 5.01 Å². The van der Waals surface area contributed by atoms with Crippen molar-refractivity contribution in [3.8, 4) is 0 Å². The topological polar surface area (TPSA) is 172 Å². The Morgan fingerprint density at radius 1 is 1.24 bits per heavy atom. The summed E-state index contributed by atoms with van der Waals surface area (Å²) >= 11 is 6.03. The van der Waals surface area contributed by atoms with Crippen LogP contribution in [0.5, 0.6) is 0 Å². The van der Waals surface area contributed by atoms with Crippen molar-refractivity contribution in [2.45, 2.75) is 6.04 Å². The predicted octanol–water partition coefficient (Wildman–Crippen LogP) is 1.40. The minimum Gasteiger partial charge on any atom is -0.478 e. The number of carbonyl (C=O) groups is 3. The highest BCUT2D eigenvalue weighted by Crippen LogP contribution is 2.23. The number of carboxylic acid groups (broad SMARTS) is 1. The first-order valence-corrected chi connectivity index (χ1v) is 9.81. The van der Waals surface area contributed by atoms with E-state index in [1.165, 1.54) is 49.9 Å². The Balaban J connectivity index is 2.11. The van der Waals surface area contributed by atoms with Crippen LogP contribution in [0.1, 0.15) is 15.9 Å². The summed E-state index contributed by atoms with van der Waals surface area (Å²) in [6.45, 7) is -0.0927. The van der Waals surface area contributed by atoms with Crippen LogP contribution >= 0.6 is 11.6 Å². The number of carbonyl (C=O) groups excluding carboxylic acids is 2. The van der Waals surface area contributed by atoms with Crippen LogP contribution in [0.15, 0.2) is 53.6 Å². The van der Waals surface area contributed by atoms with E-state index in [-0.39, 0.29) is 12.2 Å². The summed E-state index contributed by atoms with van der Waals surface area (Å²) in [5.74, 6) is 8.77. The number of amides is 2. The molecule has 0 fully saturated rings. The van der Waals surface area contributed by atoms with Gasteiger partial charge in [-0.15, -0.1) is 0 Å². The Morgan fingerprint density at radius 2 is 1.94 bits per heavy atom. The molecule has 2 aromatic rings. The van der Waals surface area contributed by atoms with Crippen molar-refractivity contribution in [2.75, 3.05) is 24.0 Å². The minimum absolute atomic E-state index is 0.0778. The number of methoxy groups -OCH3 is 1. The van der Waals surface area contributed by atoms with E-state index in [0.29, 0.717) is 22.0 Å². The molecule has 0 heterocycles. The molecule has 2 amide bonds. The minimum atomic E-state index is -1.08. The normalized spacial score (nSPS) is 12.0. The van der Waals surface area contributed by atoms with Crippen molar-refractivity contribution in [2.24, 2.45) is 16.8 Å². The van der Waals surface area contributed by atoms with E-state index in [1.807, 2.05) is 0 Å². The van der Waals surface area contributed by atoms with Gasteiger partial charge in [0.2, 0.25) is 11.8 Å². The lowest BCUT2D eigenvalue weighted by Crippen LogP contribution is -2.46. The van der Waals surface area contributed by atoms with Gasteiger partial charge < -0.3 is 26.3 Å². The Bertz CT molecular complexity index is 1060. The van der Waals surface area contributed by atoms with E-state index < -0.39 is 23.8 Å². The van der Waals surface area contributed by atoms with Gasteiger partial charge >= 0.3 is 5.97 Å². The number of nitrogens with two attached hydrogens (primary N) is 2. The number of hydrazone groups is 1. The largest absolute Gasteiger partial charge is 0.478 e. The van der Waals surface area contributed by atoms with Crippen LogP contribution in [0.3, 0.4) is 0 Å². The monoisotopic (exact) mass is 474 g/mol. The van der Waals surface area contributed by atoms with E-state index >= 15 is 0 Å². The van der Waals surface area contributed by atoms with E-state index in [9.17, 15) is 14.4 Å². The highest BCUT2D eigenvalue weighted by Gasteiger charge is 2.20. The molecule has 174 valence electrons. The molecule has 0 spiro atoms. The summed E-state index contributed by atoms with van der Waals surface area (Å²) in [7, 11) is 1.39. The fourth-order valence-corrected chi connectivity index (χ4v) is 2.87. The summed E-state index contributed by atoms with van der Waals surface area (Å²) in [5, 5.41) is 19.0. The van der Waals surface area contributed by atoms with Gasteiger partial charge in [-0.3, -0.25) is 14.6 Å². The summed E-state index contributed by atoms with van der Waals surface area (Å²) in [6, 6.07) is 9.39. The molecule has 0 aliphatic rings. The molecule has 12 heteroatoms. The third kappa shape index (κ3) is 7.61. The third-order valence-corrected chi connectivity index (χ3v) is 4.47. The number of rotatable bonds is 10. The number of ether oxygens (including phenoxy) is 1. The van der Waals surface area contributed by atoms with Crippen molar-refractivity contribution >= 4 is 53.2 Å². The van der Waals surface area contributed by atoms with Crippen molar-refractivity contribution in [3.05, 3.63) is 64.7 Å². The first-order chi connectivity index (χ1) is 15.7. The summed E-state index contributed by atoms with van der Waals surface area (Å²) < 4.78 is 5.03. The van der Waals surface area contributed by atoms with Gasteiger partial charge in [-0.25, -0.2) is 10.6 Å². The third-order valence-electron chi connectivity index (χ3n) is 4.24. The first-order valence-electron chi connectivity index (χ1n) is 9.43. The van der Waals surface area contributed by atoms with Gasteiger partial charge in [0.15, 0.2) is 0 Å². The van der Waals surface area contributed by atoms with Crippen LogP contribution in [0, 0.1) is 0 Å². The summed E-state index contributed by atoms with van der Waals surface area (Å²) in [6.07, 6.45) is 3.86. The number of aromatic carboxylic acids is 1. The van der Waals surface area contributed by atoms with Gasteiger partial charge in [0.25, 0.3) is 0 Å². The Hall–Kier alpha value is -3.93. The van der Waals surface area contributed by atoms with E-state index in [2.05, 4.69) is 15.7 Å². The lowest BCUT2D eigenvalue weighted by molar-refractivity contribution is -0.125. The summed E-state index contributed by atoms with van der Waals surface area (Å²) in [4.78, 5) is 36.0. The molecule has 0 bridgehead atoms. The van der Waals surface area contributed by atoms with Gasteiger partial charge in [-0.1, -0.05) is 11.6 Å². The van der Waals surface area contributed by atoms with Crippen molar-refractivity contribution < 1.29 is 24.2 Å². The van der Waals surface area contributed by atoms with Crippen LogP contribution in [-0.4, -0.2) is 49.0 Å². The van der Waals surface area contributed by atoms with Crippen molar-refractivity contribution in [1.29, 1.82) is 0 Å². The molecule has 1 atom stereocenters. The van der Waals surface area contributed by atoms with Crippen LogP contribution in [0.25, 0.3) is 6.08 Å². The number of hydrogen-bond donors (Lipinski definition) is 5. The maximum atomic E-state index is 12.6. The summed E-state index contributed by atoms with van der Waals surface area (Å²) in [5.41, 5.74) is 1.43. The van der Waals surface area contributed by atoms with Crippen LogP contribution in [-0.2, 0) is 14.3 Å². The highest BCUT2D eigenvalue weighted by atomic mass is 35.5. The number of benzene rings is 2. The average molecular weight is 475 g/mol. The molecule has 0 unspecified atom stereocenters. The Kier molecular flexibility index (Phi) is 9.36. The first kappa shape index (κ1) is 25.3. The molecule has 0 saturated carbocycles. The number of nitrogens with zero attached hydrogens (tertiary/aromatic N) is 2. The molecule has 2 aromatic carbocycles. The van der Waals surface area contributed by atoms with Gasteiger partial charge in [-0.05, 0) is 48.5 Å². The Morgan fingerprint density at radius 3 is 2.55 bits per heavy atom. The van der Waals surface area contributed by atoms with Crippen LogP contribution in [0.2, 0.25) is 5.02 Å². The van der Waals surface area contributed by atoms with E-state index in [4.69, 9.17) is 33.1 Å². The predicted molar refractivity (Wildman–Crippen MR) is 126 cm³/mol. The van der Waals surface area contributed by atoms with E-state index in [1.54, 1.807) is 18.2 Å². The number of halogens is 1. The van der Waals surface area contributed by atoms with Crippen molar-refractivity contribution in [3.63, 3.8) is 0 Å². The smallest absolute Gasteiger partial charge is 0.335 e. The van der Waals surface area contributed by atoms with Gasteiger partial charge in [0.05, 0.1) is 17.9 Å². The highest BCUT2D eigenvalue weighted by molar-refractivity contribution is 6.30. The zero-order chi connectivity index (χ0) is 24.4. The molecule has 0 radical (unpaired) electrons. The second-order valence-corrected chi connectivity index (χ2v) is 7.03. The molecule has 0 saturated heterocycles. The maximum absolute atomic E-state index is 12.6. The molecular formula is C21H23ClN6O5.